The molecule has 158 valence electrons. The van der Waals surface area contributed by atoms with Gasteiger partial charge in [0.25, 0.3) is 0 Å². The molecule has 0 bridgehead atoms. The maximum atomic E-state index is 13.4. The molecule has 3 rings (SSSR count). The highest BCUT2D eigenvalue weighted by molar-refractivity contribution is 5.74. The van der Waals surface area contributed by atoms with Gasteiger partial charge in [-0.15, -0.1) is 0 Å². The van der Waals surface area contributed by atoms with Crippen molar-refractivity contribution in [1.82, 2.24) is 20.4 Å². The Bertz CT molecular complexity index is 971. The maximum Gasteiger partial charge on any atom is 0.317 e. The Morgan fingerprint density at radius 1 is 1.23 bits per heavy atom. The number of rotatable bonds is 8. The van der Waals surface area contributed by atoms with Gasteiger partial charge >= 0.3 is 6.03 Å². The van der Waals surface area contributed by atoms with Crippen LogP contribution in [0.15, 0.2) is 54.6 Å². The molecule has 0 spiro atoms. The number of nitrogens with one attached hydrogen (secondary N) is 2. The molecule has 2 amide bonds. The third-order valence-corrected chi connectivity index (χ3v) is 4.89. The number of urea groups is 1. The van der Waals surface area contributed by atoms with Crippen LogP contribution in [0.2, 0.25) is 0 Å². The molecular formula is C23H27FN4O2. The van der Waals surface area contributed by atoms with Gasteiger partial charge in [-0.3, -0.25) is 5.10 Å². The van der Waals surface area contributed by atoms with Crippen molar-refractivity contribution in [2.45, 2.75) is 32.2 Å². The van der Waals surface area contributed by atoms with Crippen LogP contribution < -0.4 is 5.32 Å². The molecule has 1 heterocycles. The average molecular weight is 410 g/mol. The van der Waals surface area contributed by atoms with E-state index in [1.54, 1.807) is 30.1 Å². The van der Waals surface area contributed by atoms with Crippen molar-refractivity contribution in [3.05, 3.63) is 71.7 Å². The highest BCUT2D eigenvalue weighted by atomic mass is 19.1. The van der Waals surface area contributed by atoms with E-state index in [0.29, 0.717) is 18.7 Å². The number of hydrogen-bond donors (Lipinski definition) is 3. The summed E-state index contributed by atoms with van der Waals surface area (Å²) < 4.78 is 13.4. The van der Waals surface area contributed by atoms with E-state index in [-0.39, 0.29) is 23.6 Å². The minimum atomic E-state index is -0.288. The molecule has 7 heteroatoms. The number of nitrogens with zero attached hydrogens (tertiary/aromatic N) is 2. The molecule has 1 atom stereocenters. The lowest BCUT2D eigenvalue weighted by Crippen LogP contribution is -2.43. The second kappa shape index (κ2) is 9.91. The van der Waals surface area contributed by atoms with Crippen molar-refractivity contribution in [2.24, 2.45) is 0 Å². The number of halogens is 1. The summed E-state index contributed by atoms with van der Waals surface area (Å²) in [4.78, 5) is 14.0. The fourth-order valence-corrected chi connectivity index (χ4v) is 3.25. The van der Waals surface area contributed by atoms with Crippen LogP contribution in [0.5, 0.6) is 5.75 Å². The van der Waals surface area contributed by atoms with Crippen LogP contribution in [0.4, 0.5) is 9.18 Å². The van der Waals surface area contributed by atoms with E-state index in [4.69, 9.17) is 0 Å². The largest absolute Gasteiger partial charge is 0.508 e. The molecule has 0 aliphatic carbocycles. The van der Waals surface area contributed by atoms with Gasteiger partial charge in [0, 0.05) is 30.9 Å². The van der Waals surface area contributed by atoms with Crippen molar-refractivity contribution >= 4 is 6.03 Å². The van der Waals surface area contributed by atoms with Gasteiger partial charge in [0.15, 0.2) is 0 Å². The number of aromatic hydroxyl groups is 1. The van der Waals surface area contributed by atoms with E-state index < -0.39 is 0 Å². The standard InChI is InChI=1S/C23H27FN4O2/c1-16(13-17-8-10-21(29)11-9-17)25-23(30)28(2)12-4-7-20-15-22(27-26-20)18-5-3-6-19(24)14-18/h3,5-6,8-11,14-16,29H,4,7,12-13H2,1-2H3,(H,25,30)(H,26,27). The van der Waals surface area contributed by atoms with Crippen molar-refractivity contribution in [1.29, 1.82) is 0 Å². The van der Waals surface area contributed by atoms with E-state index in [2.05, 4.69) is 15.5 Å². The van der Waals surface area contributed by atoms with Crippen LogP contribution >= 0.6 is 0 Å². The summed E-state index contributed by atoms with van der Waals surface area (Å²) in [5, 5.41) is 19.6. The number of carbonyl (C=O) groups is 1. The van der Waals surface area contributed by atoms with E-state index in [0.717, 1.165) is 29.7 Å². The lowest BCUT2D eigenvalue weighted by molar-refractivity contribution is 0.205. The van der Waals surface area contributed by atoms with Crippen molar-refractivity contribution < 1.29 is 14.3 Å². The number of phenols is 1. The number of benzene rings is 2. The fraction of sp³-hybridized carbons (Fsp3) is 0.304. The molecule has 6 nitrogen and oxygen atoms in total. The predicted octanol–water partition coefficient (Wildman–Crippen LogP) is 4.13. The van der Waals surface area contributed by atoms with E-state index in [1.807, 2.05) is 31.2 Å². The number of hydrogen-bond acceptors (Lipinski definition) is 3. The molecule has 0 saturated heterocycles. The fourth-order valence-electron chi connectivity index (χ4n) is 3.25. The van der Waals surface area contributed by atoms with E-state index >= 15 is 0 Å². The number of amides is 2. The molecule has 2 aromatic carbocycles. The molecular weight excluding hydrogens is 383 g/mol. The predicted molar refractivity (Wildman–Crippen MR) is 115 cm³/mol. The Kier molecular flexibility index (Phi) is 7.06. The SMILES string of the molecule is CC(Cc1ccc(O)cc1)NC(=O)N(C)CCCc1cc(-c2cccc(F)c2)n[nH]1. The first kappa shape index (κ1) is 21.4. The lowest BCUT2D eigenvalue weighted by Gasteiger charge is -2.21. The third kappa shape index (κ3) is 6.07. The molecule has 0 radical (unpaired) electrons. The molecule has 0 aliphatic heterocycles. The zero-order valence-corrected chi connectivity index (χ0v) is 17.2. The number of aromatic amines is 1. The summed E-state index contributed by atoms with van der Waals surface area (Å²) in [6.07, 6.45) is 2.21. The number of aromatic nitrogens is 2. The Labute approximate surface area is 175 Å². The average Bonchev–Trinajstić information content (AvgIpc) is 3.18. The molecule has 3 aromatic rings. The van der Waals surface area contributed by atoms with Crippen molar-refractivity contribution in [3.8, 4) is 17.0 Å². The number of phenolic OH excluding ortho intramolecular Hbond substituents is 1. The zero-order chi connectivity index (χ0) is 21.5. The van der Waals surface area contributed by atoms with Crippen LogP contribution in [0.3, 0.4) is 0 Å². The summed E-state index contributed by atoms with van der Waals surface area (Å²) in [5.41, 5.74) is 3.44. The minimum Gasteiger partial charge on any atom is -0.508 e. The molecule has 0 saturated carbocycles. The summed E-state index contributed by atoms with van der Waals surface area (Å²) >= 11 is 0. The first-order valence-electron chi connectivity index (χ1n) is 10.0. The lowest BCUT2D eigenvalue weighted by atomic mass is 10.1. The summed E-state index contributed by atoms with van der Waals surface area (Å²) in [6, 6.07) is 15.1. The van der Waals surface area contributed by atoms with Gasteiger partial charge in [-0.25, -0.2) is 9.18 Å². The number of H-pyrrole nitrogens is 1. The van der Waals surface area contributed by atoms with Crippen molar-refractivity contribution in [3.63, 3.8) is 0 Å². The van der Waals surface area contributed by atoms with E-state index in [1.165, 1.54) is 12.1 Å². The summed E-state index contributed by atoms with van der Waals surface area (Å²) in [5.74, 6) is -0.0557. The third-order valence-electron chi connectivity index (χ3n) is 4.89. The smallest absolute Gasteiger partial charge is 0.317 e. The van der Waals surface area contributed by atoms with Gasteiger partial charge in [-0.1, -0.05) is 24.3 Å². The van der Waals surface area contributed by atoms with Crippen LogP contribution in [0.1, 0.15) is 24.6 Å². The molecule has 1 aromatic heterocycles. The quantitative estimate of drug-likeness (QED) is 0.522. The van der Waals surface area contributed by atoms with Gasteiger partial charge in [0.1, 0.15) is 11.6 Å². The maximum absolute atomic E-state index is 13.4. The zero-order valence-electron chi connectivity index (χ0n) is 17.2. The highest BCUT2D eigenvalue weighted by Crippen LogP contribution is 2.19. The second-order valence-electron chi connectivity index (χ2n) is 7.53. The van der Waals surface area contributed by atoms with Crippen molar-refractivity contribution in [2.75, 3.05) is 13.6 Å². The van der Waals surface area contributed by atoms with Crippen LogP contribution in [-0.2, 0) is 12.8 Å². The van der Waals surface area contributed by atoms with Crippen LogP contribution in [0.25, 0.3) is 11.3 Å². The van der Waals surface area contributed by atoms with Gasteiger partial charge < -0.3 is 15.3 Å². The Morgan fingerprint density at radius 2 is 2.00 bits per heavy atom. The summed E-state index contributed by atoms with van der Waals surface area (Å²) in [6.45, 7) is 2.56. The Morgan fingerprint density at radius 3 is 2.73 bits per heavy atom. The van der Waals surface area contributed by atoms with Gasteiger partial charge in [0.05, 0.1) is 5.69 Å². The first-order chi connectivity index (χ1) is 14.4. The number of carbonyl (C=O) groups excluding carboxylic acids is 1. The highest BCUT2D eigenvalue weighted by Gasteiger charge is 2.13. The van der Waals surface area contributed by atoms with Crippen LogP contribution in [0, 0.1) is 5.82 Å². The van der Waals surface area contributed by atoms with Crippen LogP contribution in [-0.4, -0.2) is 45.9 Å². The molecule has 1 unspecified atom stereocenters. The molecule has 3 N–H and O–H groups in total. The van der Waals surface area contributed by atoms with Gasteiger partial charge in [0.2, 0.25) is 0 Å². The normalized spacial score (nSPS) is 11.8. The van der Waals surface area contributed by atoms with E-state index in [9.17, 15) is 14.3 Å². The Balaban J connectivity index is 1.42. The van der Waals surface area contributed by atoms with Gasteiger partial charge in [-0.2, -0.15) is 5.10 Å². The topological polar surface area (TPSA) is 81.2 Å². The molecule has 0 fully saturated rings. The minimum absolute atomic E-state index is 0.0223. The molecule has 0 aliphatic rings. The first-order valence-corrected chi connectivity index (χ1v) is 10.0. The Hall–Kier alpha value is -3.35. The monoisotopic (exact) mass is 410 g/mol. The molecule has 30 heavy (non-hydrogen) atoms. The number of aryl methyl sites for hydroxylation is 1. The van der Waals surface area contributed by atoms with Gasteiger partial charge in [-0.05, 0) is 62.1 Å². The second-order valence-corrected chi connectivity index (χ2v) is 7.53. The summed E-state index contributed by atoms with van der Waals surface area (Å²) in [7, 11) is 1.77.